The number of alkyl halides is 3. The van der Waals surface area contributed by atoms with Gasteiger partial charge in [-0.25, -0.2) is 0 Å². The van der Waals surface area contributed by atoms with E-state index in [1.54, 1.807) is 18.2 Å². The monoisotopic (exact) mass is 310 g/mol. The molecular weight excluding hydrogens is 297 g/mol. The van der Waals surface area contributed by atoms with Gasteiger partial charge in [-0.2, -0.15) is 13.2 Å². The van der Waals surface area contributed by atoms with Crippen LogP contribution in [0, 0.1) is 5.41 Å². The van der Waals surface area contributed by atoms with E-state index >= 15 is 0 Å². The Morgan fingerprint density at radius 2 is 1.82 bits per heavy atom. The summed E-state index contributed by atoms with van der Waals surface area (Å²) in [5.74, 6) is -1.83. The third kappa shape index (κ3) is 2.81. The molecule has 0 radical (unpaired) electrons. The van der Waals surface area contributed by atoms with Gasteiger partial charge < -0.3 is 9.90 Å². The average Bonchev–Trinajstić information content (AvgIpc) is 2.44. The van der Waals surface area contributed by atoms with Crippen LogP contribution in [-0.4, -0.2) is 23.4 Å². The SMILES string of the molecule is O=CCC1=CC(Cc2ccccc2)(C(F)(F)F)C(=O)C=C1O. The Labute approximate surface area is 124 Å². The zero-order valence-electron chi connectivity index (χ0n) is 11.4. The Balaban J connectivity index is 2.54. The second kappa shape index (κ2) is 5.79. The normalized spacial score (nSPS) is 22.0. The summed E-state index contributed by atoms with van der Waals surface area (Å²) < 4.78 is 40.8. The Morgan fingerprint density at radius 1 is 1.18 bits per heavy atom. The lowest BCUT2D eigenvalue weighted by Gasteiger charge is -2.34. The molecule has 22 heavy (non-hydrogen) atoms. The minimum atomic E-state index is -4.84. The average molecular weight is 310 g/mol. The van der Waals surface area contributed by atoms with Crippen LogP contribution in [0.5, 0.6) is 0 Å². The minimum Gasteiger partial charge on any atom is -0.508 e. The smallest absolute Gasteiger partial charge is 0.405 e. The zero-order valence-corrected chi connectivity index (χ0v) is 11.4. The van der Waals surface area contributed by atoms with Gasteiger partial charge in [0.15, 0.2) is 11.2 Å². The molecule has 0 saturated heterocycles. The van der Waals surface area contributed by atoms with Crippen molar-refractivity contribution in [3.63, 3.8) is 0 Å². The first-order chi connectivity index (χ1) is 10.3. The predicted molar refractivity (Wildman–Crippen MR) is 73.1 cm³/mol. The number of halogens is 3. The van der Waals surface area contributed by atoms with Gasteiger partial charge in [-0.15, -0.1) is 0 Å². The maximum Gasteiger partial charge on any atom is 0.405 e. The Morgan fingerprint density at radius 3 is 2.36 bits per heavy atom. The van der Waals surface area contributed by atoms with Crippen LogP contribution in [0.1, 0.15) is 12.0 Å². The fourth-order valence-electron chi connectivity index (χ4n) is 2.42. The number of carbonyl (C=O) groups is 2. The van der Waals surface area contributed by atoms with Crippen molar-refractivity contribution >= 4 is 12.1 Å². The first-order valence-electron chi connectivity index (χ1n) is 6.51. The molecule has 1 aliphatic carbocycles. The lowest BCUT2D eigenvalue weighted by atomic mass is 9.72. The molecule has 0 fully saturated rings. The molecule has 0 aromatic heterocycles. The highest BCUT2D eigenvalue weighted by Crippen LogP contribution is 2.47. The number of benzene rings is 1. The number of rotatable bonds is 4. The molecular formula is C16H13F3O3. The van der Waals surface area contributed by atoms with E-state index in [9.17, 15) is 27.9 Å². The third-order valence-electron chi connectivity index (χ3n) is 3.59. The molecule has 1 unspecified atom stereocenters. The highest BCUT2D eigenvalue weighted by Gasteiger charge is 2.59. The quantitative estimate of drug-likeness (QED) is 0.868. The summed E-state index contributed by atoms with van der Waals surface area (Å²) in [6.07, 6.45) is -4.20. The van der Waals surface area contributed by atoms with E-state index in [1.807, 2.05) is 0 Å². The molecule has 3 nitrogen and oxygen atoms in total. The summed E-state index contributed by atoms with van der Waals surface area (Å²) >= 11 is 0. The van der Waals surface area contributed by atoms with Crippen LogP contribution in [0.4, 0.5) is 13.2 Å². The molecule has 1 atom stereocenters. The van der Waals surface area contributed by atoms with Crippen LogP contribution in [0.15, 0.2) is 53.8 Å². The summed E-state index contributed by atoms with van der Waals surface area (Å²) in [4.78, 5) is 22.6. The molecule has 0 spiro atoms. The van der Waals surface area contributed by atoms with Gasteiger partial charge in [-0.3, -0.25) is 4.79 Å². The fourth-order valence-corrected chi connectivity index (χ4v) is 2.42. The topological polar surface area (TPSA) is 54.4 Å². The van der Waals surface area contributed by atoms with E-state index in [1.165, 1.54) is 12.1 Å². The molecule has 1 aromatic rings. The Kier molecular flexibility index (Phi) is 4.21. The van der Waals surface area contributed by atoms with E-state index in [0.717, 1.165) is 0 Å². The molecule has 2 rings (SSSR count). The van der Waals surface area contributed by atoms with Crippen molar-refractivity contribution < 1.29 is 27.9 Å². The molecule has 0 saturated carbocycles. The van der Waals surface area contributed by atoms with Crippen LogP contribution in [0.2, 0.25) is 0 Å². The summed E-state index contributed by atoms with van der Waals surface area (Å²) in [6, 6.07) is 7.80. The lowest BCUT2D eigenvalue weighted by molar-refractivity contribution is -0.203. The predicted octanol–water partition coefficient (Wildman–Crippen LogP) is 3.32. The van der Waals surface area contributed by atoms with Gasteiger partial charge >= 0.3 is 6.18 Å². The minimum absolute atomic E-state index is 0.192. The summed E-state index contributed by atoms with van der Waals surface area (Å²) in [6.45, 7) is 0. The van der Waals surface area contributed by atoms with Crippen molar-refractivity contribution in [2.45, 2.75) is 19.0 Å². The Hall–Kier alpha value is -2.37. The number of ketones is 1. The number of allylic oxidation sites excluding steroid dienone is 3. The molecule has 0 bridgehead atoms. The highest BCUT2D eigenvalue weighted by molar-refractivity contribution is 6.00. The van der Waals surface area contributed by atoms with Crippen molar-refractivity contribution in [1.29, 1.82) is 0 Å². The molecule has 0 aliphatic heterocycles. The van der Waals surface area contributed by atoms with Crippen molar-refractivity contribution in [3.05, 3.63) is 59.4 Å². The van der Waals surface area contributed by atoms with E-state index in [-0.39, 0.29) is 12.0 Å². The van der Waals surface area contributed by atoms with Crippen LogP contribution in [0.25, 0.3) is 0 Å². The fraction of sp³-hybridized carbons (Fsp3) is 0.250. The Bertz CT molecular complexity index is 644. The van der Waals surface area contributed by atoms with Gasteiger partial charge in [-0.1, -0.05) is 36.4 Å². The van der Waals surface area contributed by atoms with Crippen LogP contribution in [-0.2, 0) is 16.0 Å². The number of aliphatic hydroxyl groups excluding tert-OH is 1. The largest absolute Gasteiger partial charge is 0.508 e. The number of aliphatic hydroxyl groups is 1. The summed E-state index contributed by atoms with van der Waals surface area (Å²) in [7, 11) is 0. The van der Waals surface area contributed by atoms with Gasteiger partial charge in [0.2, 0.25) is 0 Å². The number of carbonyl (C=O) groups excluding carboxylic acids is 2. The van der Waals surface area contributed by atoms with Gasteiger partial charge in [0.05, 0.1) is 0 Å². The second-order valence-electron chi connectivity index (χ2n) is 5.07. The van der Waals surface area contributed by atoms with E-state index in [4.69, 9.17) is 0 Å². The standard InChI is InChI=1S/C16H13F3O3/c17-16(18,19)15(9-11-4-2-1-3-5-11)10-12(6-7-20)13(21)8-14(15)22/h1-5,7-8,10,21H,6,9H2. The lowest BCUT2D eigenvalue weighted by Crippen LogP contribution is -2.46. The summed E-state index contributed by atoms with van der Waals surface area (Å²) in [5.41, 5.74) is -2.62. The molecule has 116 valence electrons. The third-order valence-corrected chi connectivity index (χ3v) is 3.59. The first kappa shape index (κ1) is 16.0. The maximum absolute atomic E-state index is 13.6. The van der Waals surface area contributed by atoms with E-state index < -0.39 is 29.6 Å². The zero-order chi connectivity index (χ0) is 16.4. The molecule has 1 aliphatic rings. The maximum atomic E-state index is 13.6. The van der Waals surface area contributed by atoms with Crippen molar-refractivity contribution in [2.75, 3.05) is 0 Å². The molecule has 0 amide bonds. The molecule has 0 heterocycles. The second-order valence-corrected chi connectivity index (χ2v) is 5.07. The number of hydrogen-bond acceptors (Lipinski definition) is 3. The van der Waals surface area contributed by atoms with Crippen molar-refractivity contribution in [2.24, 2.45) is 5.41 Å². The van der Waals surface area contributed by atoms with E-state index in [0.29, 0.717) is 24.0 Å². The van der Waals surface area contributed by atoms with Crippen LogP contribution >= 0.6 is 0 Å². The van der Waals surface area contributed by atoms with Crippen LogP contribution in [0.3, 0.4) is 0 Å². The first-order valence-corrected chi connectivity index (χ1v) is 6.51. The molecule has 1 aromatic carbocycles. The highest BCUT2D eigenvalue weighted by atomic mass is 19.4. The number of aldehydes is 1. The molecule has 1 N–H and O–H groups in total. The van der Waals surface area contributed by atoms with Gasteiger partial charge in [0.25, 0.3) is 0 Å². The number of hydrogen-bond donors (Lipinski definition) is 1. The summed E-state index contributed by atoms with van der Waals surface area (Å²) in [5, 5.41) is 9.58. The van der Waals surface area contributed by atoms with Gasteiger partial charge in [0.1, 0.15) is 12.0 Å². The van der Waals surface area contributed by atoms with Crippen LogP contribution < -0.4 is 0 Å². The van der Waals surface area contributed by atoms with Crippen molar-refractivity contribution in [3.8, 4) is 0 Å². The van der Waals surface area contributed by atoms with E-state index in [2.05, 4.69) is 0 Å². The van der Waals surface area contributed by atoms with Gasteiger partial charge in [-0.05, 0) is 17.6 Å². The van der Waals surface area contributed by atoms with Crippen molar-refractivity contribution in [1.82, 2.24) is 0 Å². The van der Waals surface area contributed by atoms with Gasteiger partial charge in [0, 0.05) is 12.5 Å². The molecule has 6 heteroatoms.